The number of H-pyrrole nitrogens is 1. The van der Waals surface area contributed by atoms with Crippen molar-refractivity contribution in [2.45, 2.75) is 0 Å². The minimum absolute atomic E-state index is 0.0862. The third-order valence-electron chi connectivity index (χ3n) is 4.90. The van der Waals surface area contributed by atoms with Gasteiger partial charge in [-0.25, -0.2) is 9.73 Å². The summed E-state index contributed by atoms with van der Waals surface area (Å²) in [4.78, 5) is 17.2. The molecule has 1 N–H and O–H groups in total. The summed E-state index contributed by atoms with van der Waals surface area (Å²) in [6.45, 7) is 0. The highest BCUT2D eigenvalue weighted by molar-refractivity contribution is 6.03. The molecule has 5 rings (SSSR count). The van der Waals surface area contributed by atoms with Crippen molar-refractivity contribution in [1.29, 1.82) is 5.26 Å². The minimum Gasteiger partial charge on any atom is -0.341 e. The van der Waals surface area contributed by atoms with Crippen LogP contribution in [0.2, 0.25) is 0 Å². The molecule has 0 amide bonds. The number of rotatable bonds is 2. The number of fused-ring (bicyclic) bond motifs is 3. The van der Waals surface area contributed by atoms with Gasteiger partial charge in [-0.2, -0.15) is 10.2 Å². The molecule has 2 aromatic carbocycles. The lowest BCUT2D eigenvalue weighted by Gasteiger charge is -2.08. The van der Waals surface area contributed by atoms with Crippen molar-refractivity contribution in [2.75, 3.05) is 0 Å². The SMILES string of the molecule is Cn1c(-c2ccccc2)c2c(=O)nc3c(C#N)n[nH]n3c2c1-c1ccccc1. The number of nitrogens with zero attached hydrogens (tertiary/aromatic N) is 5. The molecule has 0 aliphatic carbocycles. The van der Waals surface area contributed by atoms with Crippen LogP contribution < -0.4 is 5.56 Å². The highest BCUT2D eigenvalue weighted by Gasteiger charge is 2.24. The van der Waals surface area contributed by atoms with Gasteiger partial charge in [-0.1, -0.05) is 60.7 Å². The van der Waals surface area contributed by atoms with Crippen molar-refractivity contribution < 1.29 is 0 Å². The third kappa shape index (κ3) is 2.12. The molecule has 134 valence electrons. The summed E-state index contributed by atoms with van der Waals surface area (Å²) in [5.41, 5.74) is 4.05. The largest absolute Gasteiger partial charge is 0.341 e. The first-order chi connectivity index (χ1) is 13.7. The Bertz CT molecular complexity index is 1440. The Labute approximate surface area is 159 Å². The van der Waals surface area contributed by atoms with Gasteiger partial charge >= 0.3 is 0 Å². The van der Waals surface area contributed by atoms with E-state index in [2.05, 4.69) is 15.3 Å². The quantitative estimate of drug-likeness (QED) is 0.520. The summed E-state index contributed by atoms with van der Waals surface area (Å²) in [5.74, 6) is 0. The van der Waals surface area contributed by atoms with E-state index in [1.807, 2.05) is 78.3 Å². The predicted octanol–water partition coefficient (Wildman–Crippen LogP) is 3.11. The van der Waals surface area contributed by atoms with Gasteiger partial charge < -0.3 is 4.57 Å². The normalized spacial score (nSPS) is 11.1. The number of hydrogen-bond acceptors (Lipinski definition) is 4. The minimum atomic E-state index is -0.385. The van der Waals surface area contributed by atoms with Crippen LogP contribution in [0, 0.1) is 11.3 Å². The summed E-state index contributed by atoms with van der Waals surface area (Å²) in [6.07, 6.45) is 0. The Balaban J connectivity index is 2.05. The second-order valence-corrected chi connectivity index (χ2v) is 6.46. The first-order valence-corrected chi connectivity index (χ1v) is 8.71. The maximum atomic E-state index is 13.1. The van der Waals surface area contributed by atoms with Gasteiger partial charge in [0.05, 0.1) is 16.8 Å². The van der Waals surface area contributed by atoms with E-state index in [1.165, 1.54) is 0 Å². The Hall–Kier alpha value is -4.18. The van der Waals surface area contributed by atoms with Gasteiger partial charge in [-0.05, 0) is 5.56 Å². The number of aromatic nitrogens is 5. The van der Waals surface area contributed by atoms with Crippen LogP contribution in [0.25, 0.3) is 39.1 Å². The lowest BCUT2D eigenvalue weighted by atomic mass is 10.1. The summed E-state index contributed by atoms with van der Waals surface area (Å²) in [5, 5.41) is 16.7. The number of nitrogens with one attached hydrogen (secondary N) is 1. The predicted molar refractivity (Wildman–Crippen MR) is 106 cm³/mol. The number of hydrogen-bond donors (Lipinski definition) is 1. The van der Waals surface area contributed by atoms with Crippen LogP contribution >= 0.6 is 0 Å². The van der Waals surface area contributed by atoms with Gasteiger partial charge in [0.2, 0.25) is 5.69 Å². The molecular weight excluding hydrogens is 352 g/mol. The molecule has 7 heteroatoms. The maximum Gasteiger partial charge on any atom is 0.283 e. The summed E-state index contributed by atoms with van der Waals surface area (Å²) in [7, 11) is 1.93. The van der Waals surface area contributed by atoms with Gasteiger partial charge in [0, 0.05) is 12.6 Å². The second-order valence-electron chi connectivity index (χ2n) is 6.46. The zero-order chi connectivity index (χ0) is 19.3. The van der Waals surface area contributed by atoms with Crippen LogP contribution in [0.15, 0.2) is 65.5 Å². The zero-order valence-corrected chi connectivity index (χ0v) is 14.9. The molecule has 0 aliphatic rings. The van der Waals surface area contributed by atoms with Gasteiger partial charge in [-0.15, -0.1) is 5.10 Å². The number of nitriles is 1. The van der Waals surface area contributed by atoms with Crippen molar-refractivity contribution in [3.8, 4) is 28.6 Å². The molecule has 0 radical (unpaired) electrons. The molecule has 0 spiro atoms. The van der Waals surface area contributed by atoms with Gasteiger partial charge in [0.15, 0.2) is 5.65 Å². The fourth-order valence-electron chi connectivity index (χ4n) is 3.74. The highest BCUT2D eigenvalue weighted by atomic mass is 16.1. The smallest absolute Gasteiger partial charge is 0.283 e. The van der Waals surface area contributed by atoms with Crippen LogP contribution in [-0.2, 0) is 7.05 Å². The van der Waals surface area contributed by atoms with Crippen LogP contribution in [0.4, 0.5) is 0 Å². The highest BCUT2D eigenvalue weighted by Crippen LogP contribution is 2.36. The summed E-state index contributed by atoms with van der Waals surface area (Å²) in [6, 6.07) is 21.5. The zero-order valence-electron chi connectivity index (χ0n) is 14.9. The van der Waals surface area contributed by atoms with E-state index < -0.39 is 0 Å². The summed E-state index contributed by atoms with van der Waals surface area (Å²) >= 11 is 0. The van der Waals surface area contributed by atoms with Crippen LogP contribution in [0.5, 0.6) is 0 Å². The summed E-state index contributed by atoms with van der Waals surface area (Å²) < 4.78 is 3.61. The molecule has 0 saturated heterocycles. The van der Waals surface area contributed by atoms with E-state index in [0.717, 1.165) is 22.5 Å². The number of benzene rings is 2. The van der Waals surface area contributed by atoms with Crippen molar-refractivity contribution in [3.05, 3.63) is 76.7 Å². The molecule has 0 aliphatic heterocycles. The Morgan fingerprint density at radius 3 is 2.18 bits per heavy atom. The van der Waals surface area contributed by atoms with E-state index in [9.17, 15) is 10.1 Å². The van der Waals surface area contributed by atoms with E-state index in [0.29, 0.717) is 10.9 Å². The molecule has 7 nitrogen and oxygen atoms in total. The van der Waals surface area contributed by atoms with Crippen LogP contribution in [0.3, 0.4) is 0 Å². The van der Waals surface area contributed by atoms with Gasteiger partial charge in [-0.3, -0.25) is 4.79 Å². The lowest BCUT2D eigenvalue weighted by molar-refractivity contribution is 0.868. The van der Waals surface area contributed by atoms with Gasteiger partial charge in [0.1, 0.15) is 11.6 Å². The molecule has 3 heterocycles. The second kappa shape index (κ2) is 5.93. The molecule has 0 atom stereocenters. The molecule has 0 saturated carbocycles. The van der Waals surface area contributed by atoms with Crippen molar-refractivity contribution in [1.82, 2.24) is 24.4 Å². The fourth-order valence-corrected chi connectivity index (χ4v) is 3.74. The van der Waals surface area contributed by atoms with E-state index in [4.69, 9.17) is 0 Å². The van der Waals surface area contributed by atoms with Crippen molar-refractivity contribution >= 4 is 16.6 Å². The maximum absolute atomic E-state index is 13.1. The molecule has 3 aromatic heterocycles. The topological polar surface area (TPSA) is 91.8 Å². The molecule has 5 aromatic rings. The monoisotopic (exact) mass is 366 g/mol. The molecule has 28 heavy (non-hydrogen) atoms. The van der Waals surface area contributed by atoms with Crippen molar-refractivity contribution in [2.24, 2.45) is 7.05 Å². The Morgan fingerprint density at radius 1 is 0.964 bits per heavy atom. The number of aromatic amines is 1. The fraction of sp³-hybridized carbons (Fsp3) is 0.0476. The average Bonchev–Trinajstić information content (AvgIpc) is 3.27. The molecule has 0 fully saturated rings. The van der Waals surface area contributed by atoms with Crippen molar-refractivity contribution in [3.63, 3.8) is 0 Å². The molecular formula is C21H14N6O. The van der Waals surface area contributed by atoms with Crippen LogP contribution in [0.1, 0.15) is 5.69 Å². The van der Waals surface area contributed by atoms with Gasteiger partial charge in [0.25, 0.3) is 5.56 Å². The molecule has 0 bridgehead atoms. The first-order valence-electron chi connectivity index (χ1n) is 8.71. The standard InChI is InChI=1S/C21H14N6O/c1-26-17(13-8-4-2-5-9-13)16-19(18(26)14-10-6-3-7-11-14)27-20(23-21(16)28)15(12-22)24-25-27/h2-11,25H,1H3. The first kappa shape index (κ1) is 16.0. The average molecular weight is 366 g/mol. The third-order valence-corrected chi connectivity index (χ3v) is 4.90. The van der Waals surface area contributed by atoms with E-state index in [-0.39, 0.29) is 16.9 Å². The van der Waals surface area contributed by atoms with Crippen LogP contribution in [-0.4, -0.2) is 24.4 Å². The van der Waals surface area contributed by atoms with E-state index >= 15 is 0 Å². The Kier molecular flexibility index (Phi) is 3.39. The Morgan fingerprint density at radius 2 is 1.57 bits per heavy atom. The molecule has 0 unspecified atom stereocenters. The van der Waals surface area contributed by atoms with E-state index in [1.54, 1.807) is 4.52 Å². The lowest BCUT2D eigenvalue weighted by Crippen LogP contribution is -2.10.